The molecule has 1 N–H and O–H groups in total. The fraction of sp³-hybridized carbons (Fsp3) is 0.286. The number of nitrogens with zero attached hydrogens (tertiary/aromatic N) is 2. The predicted molar refractivity (Wildman–Crippen MR) is 161 cm³/mol. The molecule has 0 aliphatic carbocycles. The lowest BCUT2D eigenvalue weighted by molar-refractivity contribution is -0.140. The lowest BCUT2D eigenvalue weighted by atomic mass is 10.0. The van der Waals surface area contributed by atoms with E-state index in [4.69, 9.17) is 11.6 Å². The molecule has 7 nitrogen and oxygen atoms in total. The van der Waals surface area contributed by atoms with Gasteiger partial charge in [0.05, 0.1) is 11.9 Å². The average Bonchev–Trinajstić information content (AvgIpc) is 2.88. The summed E-state index contributed by atoms with van der Waals surface area (Å²) in [5.74, 6) is -0.798. The van der Waals surface area contributed by atoms with Crippen molar-refractivity contribution < 1.29 is 18.0 Å². The van der Waals surface area contributed by atoms with Crippen LogP contribution in [0.15, 0.2) is 78.9 Å². The van der Waals surface area contributed by atoms with E-state index in [1.807, 2.05) is 43.3 Å². The largest absolute Gasteiger partial charge is 0.354 e. The van der Waals surface area contributed by atoms with Gasteiger partial charge in [0.2, 0.25) is 21.8 Å². The number of anilines is 1. The van der Waals surface area contributed by atoms with Crippen LogP contribution in [-0.4, -0.2) is 50.5 Å². The Hall–Kier alpha value is -2.63. The Kier molecular flexibility index (Phi) is 11.0. The molecule has 0 fully saturated rings. The van der Waals surface area contributed by atoms with Crippen molar-refractivity contribution in [2.45, 2.75) is 32.4 Å². The van der Waals surface area contributed by atoms with Crippen LogP contribution in [0.2, 0.25) is 5.02 Å². The fourth-order valence-electron chi connectivity index (χ4n) is 3.97. The highest BCUT2D eigenvalue weighted by Crippen LogP contribution is 2.22. The van der Waals surface area contributed by atoms with E-state index in [0.29, 0.717) is 17.3 Å². The molecule has 0 heterocycles. The van der Waals surface area contributed by atoms with Crippen LogP contribution < -0.4 is 9.62 Å². The summed E-state index contributed by atoms with van der Waals surface area (Å²) >= 11 is 8.35. The third-order valence-electron chi connectivity index (χ3n) is 5.86. The van der Waals surface area contributed by atoms with Crippen LogP contribution >= 0.6 is 34.2 Å². The second-order valence-corrected chi connectivity index (χ2v) is 12.5. The summed E-state index contributed by atoms with van der Waals surface area (Å²) in [6.07, 6.45) is 2.07. The number of benzene rings is 3. The Morgan fingerprint density at radius 2 is 1.63 bits per heavy atom. The smallest absolute Gasteiger partial charge is 0.244 e. The quantitative estimate of drug-likeness (QED) is 0.279. The van der Waals surface area contributed by atoms with E-state index in [0.717, 1.165) is 31.7 Å². The highest BCUT2D eigenvalue weighted by Gasteiger charge is 2.33. The molecule has 0 aromatic heterocycles. The van der Waals surface area contributed by atoms with Crippen molar-refractivity contribution in [2.75, 3.05) is 23.7 Å². The molecule has 3 aromatic rings. The van der Waals surface area contributed by atoms with Gasteiger partial charge in [-0.05, 0) is 76.5 Å². The lowest BCUT2D eigenvalue weighted by Gasteiger charge is -2.33. The standard InChI is InChI=1S/C28H31ClIN3O4S/c1-3-16-31-28(35)26(18-21-8-5-4-6-9-21)32(19-22-10-7-11-23(29)17-22)27(34)20-33(38(2,36)37)25-14-12-24(30)13-15-25/h4-15,17,26H,3,16,18-20H2,1-2H3,(H,31,35). The minimum Gasteiger partial charge on any atom is -0.354 e. The third-order valence-corrected chi connectivity index (χ3v) is 7.95. The SMILES string of the molecule is CCCNC(=O)C(Cc1ccccc1)N(Cc1cccc(Cl)c1)C(=O)CN(c1ccc(I)cc1)S(C)(=O)=O. The number of carbonyl (C=O) groups is 2. The molecule has 2 amide bonds. The van der Waals surface area contributed by atoms with Crippen molar-refractivity contribution in [3.05, 3.63) is 98.6 Å². The molecule has 3 rings (SSSR count). The van der Waals surface area contributed by atoms with Crippen molar-refractivity contribution in [1.82, 2.24) is 10.2 Å². The van der Waals surface area contributed by atoms with Crippen LogP contribution in [0.5, 0.6) is 0 Å². The molecule has 10 heteroatoms. The average molecular weight is 668 g/mol. The van der Waals surface area contributed by atoms with Gasteiger partial charge in [-0.3, -0.25) is 13.9 Å². The number of halogens is 2. The number of sulfonamides is 1. The van der Waals surface area contributed by atoms with Crippen molar-refractivity contribution in [2.24, 2.45) is 0 Å². The van der Waals surface area contributed by atoms with Gasteiger partial charge in [0.1, 0.15) is 12.6 Å². The first-order chi connectivity index (χ1) is 18.1. The fourth-order valence-corrected chi connectivity index (χ4v) is 5.40. The summed E-state index contributed by atoms with van der Waals surface area (Å²) in [6, 6.07) is 22.5. The zero-order valence-electron chi connectivity index (χ0n) is 21.3. The van der Waals surface area contributed by atoms with E-state index in [1.54, 1.807) is 42.5 Å². The van der Waals surface area contributed by atoms with Crippen molar-refractivity contribution in [3.8, 4) is 0 Å². The third kappa shape index (κ3) is 8.71. The first-order valence-corrected chi connectivity index (χ1v) is 15.5. The van der Waals surface area contributed by atoms with Crippen molar-refractivity contribution in [3.63, 3.8) is 0 Å². The molecule has 0 bridgehead atoms. The minimum absolute atomic E-state index is 0.0841. The van der Waals surface area contributed by atoms with Crippen LogP contribution in [0, 0.1) is 3.57 Å². The first-order valence-electron chi connectivity index (χ1n) is 12.2. The molecule has 0 aliphatic heterocycles. The van der Waals surface area contributed by atoms with Gasteiger partial charge in [-0.15, -0.1) is 0 Å². The van der Waals surface area contributed by atoms with E-state index in [2.05, 4.69) is 27.9 Å². The molecule has 0 saturated carbocycles. The molecular formula is C28H31ClIN3O4S. The van der Waals surface area contributed by atoms with Gasteiger partial charge in [-0.2, -0.15) is 0 Å². The number of hydrogen-bond donors (Lipinski definition) is 1. The minimum atomic E-state index is -3.80. The Labute approximate surface area is 243 Å². The van der Waals surface area contributed by atoms with Gasteiger partial charge in [-0.1, -0.05) is 61.0 Å². The Balaban J connectivity index is 2.03. The molecule has 0 aliphatic rings. The molecule has 1 atom stereocenters. The maximum atomic E-state index is 13.9. The van der Waals surface area contributed by atoms with Gasteiger partial charge in [0.15, 0.2) is 0 Å². The maximum Gasteiger partial charge on any atom is 0.244 e. The summed E-state index contributed by atoms with van der Waals surface area (Å²) in [5.41, 5.74) is 1.98. The van der Waals surface area contributed by atoms with Crippen LogP contribution in [0.1, 0.15) is 24.5 Å². The summed E-state index contributed by atoms with van der Waals surface area (Å²) in [4.78, 5) is 28.8. The zero-order valence-corrected chi connectivity index (χ0v) is 25.0. The van der Waals surface area contributed by atoms with Gasteiger partial charge in [-0.25, -0.2) is 8.42 Å². The Morgan fingerprint density at radius 1 is 0.974 bits per heavy atom. The molecule has 0 spiro atoms. The van der Waals surface area contributed by atoms with Crippen molar-refractivity contribution >= 4 is 61.7 Å². The van der Waals surface area contributed by atoms with E-state index in [1.165, 1.54) is 4.90 Å². The molecule has 3 aromatic carbocycles. The monoisotopic (exact) mass is 667 g/mol. The predicted octanol–water partition coefficient (Wildman–Crippen LogP) is 4.88. The summed E-state index contributed by atoms with van der Waals surface area (Å²) in [7, 11) is -3.80. The lowest BCUT2D eigenvalue weighted by Crippen LogP contribution is -2.53. The number of nitrogens with one attached hydrogen (secondary N) is 1. The zero-order chi connectivity index (χ0) is 27.7. The van der Waals surface area contributed by atoms with Crippen LogP contribution in [-0.2, 0) is 32.6 Å². The highest BCUT2D eigenvalue weighted by atomic mass is 127. The van der Waals surface area contributed by atoms with Crippen LogP contribution in [0.3, 0.4) is 0 Å². The van der Waals surface area contributed by atoms with Gasteiger partial charge in [0.25, 0.3) is 0 Å². The van der Waals surface area contributed by atoms with Gasteiger partial charge < -0.3 is 10.2 Å². The number of carbonyl (C=O) groups excluding carboxylic acids is 2. The van der Waals surface area contributed by atoms with Gasteiger partial charge in [0, 0.05) is 28.1 Å². The second kappa shape index (κ2) is 14.0. The molecule has 38 heavy (non-hydrogen) atoms. The number of rotatable bonds is 12. The molecule has 0 radical (unpaired) electrons. The topological polar surface area (TPSA) is 86.8 Å². The van der Waals surface area contributed by atoms with Crippen molar-refractivity contribution in [1.29, 1.82) is 0 Å². The normalized spacial score (nSPS) is 12.0. The first kappa shape index (κ1) is 29.9. The summed E-state index contributed by atoms with van der Waals surface area (Å²) in [6.45, 7) is 2.04. The molecule has 0 saturated heterocycles. The van der Waals surface area contributed by atoms with Crippen LogP contribution in [0.25, 0.3) is 0 Å². The van der Waals surface area contributed by atoms with Crippen LogP contribution in [0.4, 0.5) is 5.69 Å². The summed E-state index contributed by atoms with van der Waals surface area (Å²) in [5, 5.41) is 3.42. The highest BCUT2D eigenvalue weighted by molar-refractivity contribution is 14.1. The summed E-state index contributed by atoms with van der Waals surface area (Å²) < 4.78 is 27.5. The molecule has 202 valence electrons. The van der Waals surface area contributed by atoms with E-state index in [-0.39, 0.29) is 18.9 Å². The molecular weight excluding hydrogens is 637 g/mol. The van der Waals surface area contributed by atoms with Gasteiger partial charge >= 0.3 is 0 Å². The number of hydrogen-bond acceptors (Lipinski definition) is 4. The maximum absolute atomic E-state index is 13.9. The molecule has 1 unspecified atom stereocenters. The Bertz CT molecular complexity index is 1340. The van der Waals surface area contributed by atoms with E-state index in [9.17, 15) is 18.0 Å². The Morgan fingerprint density at radius 3 is 2.24 bits per heavy atom. The second-order valence-electron chi connectivity index (χ2n) is 8.89. The van der Waals surface area contributed by atoms with E-state index < -0.39 is 28.5 Å². The number of amides is 2. The van der Waals surface area contributed by atoms with E-state index >= 15 is 0 Å².